The monoisotopic (exact) mass is 146 g/mol. The van der Waals surface area contributed by atoms with E-state index < -0.39 is 0 Å². The molecular formula is C4H10N4O2. The number of nitrogens with one attached hydrogen (secondary N) is 1. The highest BCUT2D eigenvalue weighted by Crippen LogP contribution is 1.75. The van der Waals surface area contributed by atoms with E-state index in [4.69, 9.17) is 15.5 Å². The molecule has 0 rings (SSSR count). The molecule has 0 unspecified atom stereocenters. The van der Waals surface area contributed by atoms with Crippen LogP contribution >= 0.6 is 0 Å². The van der Waals surface area contributed by atoms with Gasteiger partial charge in [0.15, 0.2) is 0 Å². The second-order valence-electron chi connectivity index (χ2n) is 1.47. The van der Waals surface area contributed by atoms with Crippen LogP contribution in [0.1, 0.15) is 0 Å². The first kappa shape index (κ1) is 9.19. The first-order valence-corrected chi connectivity index (χ1v) is 2.87. The van der Waals surface area contributed by atoms with Crippen molar-refractivity contribution in [1.82, 2.24) is 5.48 Å². The summed E-state index contributed by atoms with van der Waals surface area (Å²) in [5, 5.41) is 11.3. The Bertz CT molecular complexity index is 112. The lowest BCUT2D eigenvalue weighted by atomic mass is 10.7. The maximum absolute atomic E-state index is 8.06. The second kappa shape index (κ2) is 8.19. The van der Waals surface area contributed by atoms with E-state index in [0.29, 0.717) is 26.3 Å². The van der Waals surface area contributed by atoms with Gasteiger partial charge in [-0.3, -0.25) is 0 Å². The lowest BCUT2D eigenvalue weighted by Gasteiger charge is -1.98. The maximum atomic E-state index is 8.06. The van der Waals surface area contributed by atoms with E-state index >= 15 is 0 Å². The molecule has 0 aliphatic heterocycles. The summed E-state index contributed by atoms with van der Waals surface area (Å²) in [6.45, 7) is 1.53. The molecule has 0 amide bonds. The molecule has 0 radical (unpaired) electrons. The van der Waals surface area contributed by atoms with Crippen LogP contribution in [0.25, 0.3) is 10.4 Å². The van der Waals surface area contributed by atoms with Crippen LogP contribution in [0.2, 0.25) is 0 Å². The lowest BCUT2D eigenvalue weighted by Crippen LogP contribution is -2.15. The molecule has 0 spiro atoms. The summed E-state index contributed by atoms with van der Waals surface area (Å²) in [4.78, 5) is 2.53. The fourth-order valence-corrected chi connectivity index (χ4v) is 0.370. The molecule has 0 aromatic rings. The lowest BCUT2D eigenvalue weighted by molar-refractivity contribution is 0.0944. The Hall–Kier alpha value is -0.810. The number of ether oxygens (including phenoxy) is 1. The quantitative estimate of drug-likeness (QED) is 0.185. The third kappa shape index (κ3) is 7.19. The highest BCUT2D eigenvalue weighted by molar-refractivity contribution is 4.44. The minimum absolute atomic E-state index is 0.335. The van der Waals surface area contributed by atoms with Crippen molar-refractivity contribution in [1.29, 1.82) is 0 Å². The van der Waals surface area contributed by atoms with Gasteiger partial charge < -0.3 is 9.94 Å². The van der Waals surface area contributed by atoms with Gasteiger partial charge in [-0.15, -0.1) is 0 Å². The van der Waals surface area contributed by atoms with E-state index in [0.717, 1.165) is 0 Å². The molecule has 10 heavy (non-hydrogen) atoms. The molecule has 6 heteroatoms. The summed E-state index contributed by atoms with van der Waals surface area (Å²) in [5.41, 5.74) is 9.75. The molecule has 0 heterocycles. The molecule has 0 fully saturated rings. The van der Waals surface area contributed by atoms with E-state index in [1.54, 1.807) is 0 Å². The highest BCUT2D eigenvalue weighted by Gasteiger charge is 1.84. The van der Waals surface area contributed by atoms with Crippen molar-refractivity contribution in [2.75, 3.05) is 26.3 Å². The van der Waals surface area contributed by atoms with Crippen molar-refractivity contribution in [2.45, 2.75) is 0 Å². The van der Waals surface area contributed by atoms with Crippen molar-refractivity contribution >= 4 is 0 Å². The molecule has 0 aliphatic carbocycles. The molecule has 0 saturated heterocycles. The molecule has 0 aromatic heterocycles. The predicted molar refractivity (Wildman–Crippen MR) is 34.6 cm³/mol. The zero-order chi connectivity index (χ0) is 7.66. The van der Waals surface area contributed by atoms with Crippen molar-refractivity contribution in [2.24, 2.45) is 5.11 Å². The van der Waals surface area contributed by atoms with Crippen molar-refractivity contribution < 1.29 is 9.94 Å². The third-order valence-electron chi connectivity index (χ3n) is 0.757. The fourth-order valence-electron chi connectivity index (χ4n) is 0.370. The van der Waals surface area contributed by atoms with Crippen LogP contribution in [-0.4, -0.2) is 31.5 Å². The van der Waals surface area contributed by atoms with Crippen molar-refractivity contribution in [3.05, 3.63) is 10.4 Å². The Balaban J connectivity index is 2.83. The Labute approximate surface area is 58.4 Å². The zero-order valence-corrected chi connectivity index (χ0v) is 5.53. The SMILES string of the molecule is [N-]=[N+]=NCCOCCNO. The van der Waals surface area contributed by atoms with Crippen LogP contribution in [0.3, 0.4) is 0 Å². The van der Waals surface area contributed by atoms with Crippen LogP contribution in [0, 0.1) is 0 Å². The number of nitrogens with zero attached hydrogens (tertiary/aromatic N) is 3. The summed E-state index contributed by atoms with van der Waals surface area (Å²) in [5.74, 6) is 0. The third-order valence-corrected chi connectivity index (χ3v) is 0.757. The summed E-state index contributed by atoms with van der Waals surface area (Å²) in [7, 11) is 0. The standard InChI is InChI=1S/C4H10N4O2/c5-8-6-1-3-10-4-2-7-9/h7,9H,1-4H2. The minimum atomic E-state index is 0.335. The summed E-state index contributed by atoms with van der Waals surface area (Å²) >= 11 is 0. The van der Waals surface area contributed by atoms with E-state index in [1.165, 1.54) is 0 Å². The highest BCUT2D eigenvalue weighted by atomic mass is 16.5. The number of azide groups is 1. The van der Waals surface area contributed by atoms with Crippen LogP contribution in [0.5, 0.6) is 0 Å². The number of hydroxylamine groups is 1. The first-order valence-electron chi connectivity index (χ1n) is 2.87. The van der Waals surface area contributed by atoms with Gasteiger partial charge in [0.25, 0.3) is 0 Å². The number of hydrogen-bond acceptors (Lipinski definition) is 4. The Morgan fingerprint density at radius 2 is 2.40 bits per heavy atom. The first-order chi connectivity index (χ1) is 4.91. The van der Waals surface area contributed by atoms with Gasteiger partial charge in [0.2, 0.25) is 0 Å². The predicted octanol–water partition coefficient (Wildman–Crippen LogP) is 0.292. The van der Waals surface area contributed by atoms with Crippen LogP contribution in [-0.2, 0) is 4.74 Å². The van der Waals surface area contributed by atoms with E-state index in [9.17, 15) is 0 Å². The zero-order valence-electron chi connectivity index (χ0n) is 5.53. The molecule has 0 bridgehead atoms. The Morgan fingerprint density at radius 3 is 3.00 bits per heavy atom. The molecule has 2 N–H and O–H groups in total. The molecular weight excluding hydrogens is 136 g/mol. The molecule has 0 aliphatic rings. The van der Waals surface area contributed by atoms with Gasteiger partial charge in [0.05, 0.1) is 13.2 Å². The Morgan fingerprint density at radius 1 is 1.60 bits per heavy atom. The molecule has 0 saturated carbocycles. The summed E-state index contributed by atoms with van der Waals surface area (Å²) < 4.78 is 4.89. The van der Waals surface area contributed by atoms with Gasteiger partial charge in [-0.1, -0.05) is 5.11 Å². The van der Waals surface area contributed by atoms with Crippen LogP contribution < -0.4 is 5.48 Å². The van der Waals surface area contributed by atoms with Gasteiger partial charge in [0, 0.05) is 18.0 Å². The van der Waals surface area contributed by atoms with Crippen molar-refractivity contribution in [3.63, 3.8) is 0 Å². The minimum Gasteiger partial charge on any atom is -0.380 e. The van der Waals surface area contributed by atoms with Crippen LogP contribution in [0.15, 0.2) is 5.11 Å². The van der Waals surface area contributed by atoms with Gasteiger partial charge in [-0.25, -0.2) is 5.48 Å². The number of hydrogen-bond donors (Lipinski definition) is 2. The molecule has 58 valence electrons. The van der Waals surface area contributed by atoms with Crippen LogP contribution in [0.4, 0.5) is 0 Å². The van der Waals surface area contributed by atoms with Gasteiger partial charge in [-0.05, 0) is 5.53 Å². The van der Waals surface area contributed by atoms with Gasteiger partial charge in [-0.2, -0.15) is 0 Å². The van der Waals surface area contributed by atoms with E-state index in [2.05, 4.69) is 10.0 Å². The summed E-state index contributed by atoms with van der Waals surface area (Å²) in [6.07, 6.45) is 0. The van der Waals surface area contributed by atoms with E-state index in [-0.39, 0.29) is 0 Å². The number of rotatable bonds is 6. The summed E-state index contributed by atoms with van der Waals surface area (Å²) in [6, 6.07) is 0. The smallest absolute Gasteiger partial charge is 0.0614 e. The Kier molecular flexibility index (Phi) is 7.53. The fraction of sp³-hybridized carbons (Fsp3) is 1.00. The second-order valence-corrected chi connectivity index (χ2v) is 1.47. The average molecular weight is 146 g/mol. The largest absolute Gasteiger partial charge is 0.380 e. The molecule has 6 nitrogen and oxygen atoms in total. The maximum Gasteiger partial charge on any atom is 0.0614 e. The molecule has 0 atom stereocenters. The normalized spacial score (nSPS) is 8.90. The van der Waals surface area contributed by atoms with Gasteiger partial charge >= 0.3 is 0 Å². The van der Waals surface area contributed by atoms with Crippen molar-refractivity contribution in [3.8, 4) is 0 Å². The topological polar surface area (TPSA) is 90.3 Å². The average Bonchev–Trinajstić information content (AvgIpc) is 1.97. The van der Waals surface area contributed by atoms with Gasteiger partial charge in [0.1, 0.15) is 0 Å². The molecule has 0 aromatic carbocycles. The van der Waals surface area contributed by atoms with E-state index in [1.807, 2.05) is 5.48 Å².